The Bertz CT molecular complexity index is 782. The number of alkyl halides is 3. The number of halogens is 4. The number of carbonyl (C=O) groups excluding carboxylic acids is 1. The van der Waals surface area contributed by atoms with Crippen molar-refractivity contribution in [2.75, 3.05) is 10.6 Å². The van der Waals surface area contributed by atoms with Gasteiger partial charge in [-0.25, -0.2) is 0 Å². The lowest BCUT2D eigenvalue weighted by Gasteiger charge is -2.13. The fraction of sp³-hybridized carbons (Fsp3) is 0.400. The van der Waals surface area contributed by atoms with E-state index >= 15 is 0 Å². The normalized spacial score (nSPS) is 12.9. The third-order valence-electron chi connectivity index (χ3n) is 3.00. The maximum Gasteiger partial charge on any atom is 0.417 e. The molecule has 0 fully saturated rings. The SMILES string of the molecule is CC(C)Nc1nnc(SC(C)C(=O)Nc2ccc(Cl)c(C(F)(F)F)c2)s1. The largest absolute Gasteiger partial charge is 0.417 e. The van der Waals surface area contributed by atoms with Crippen molar-refractivity contribution in [2.24, 2.45) is 0 Å². The van der Waals surface area contributed by atoms with E-state index < -0.39 is 27.9 Å². The second-order valence-corrected chi connectivity index (χ2v) is 8.59. The van der Waals surface area contributed by atoms with E-state index in [1.165, 1.54) is 29.2 Å². The number of aromatic nitrogens is 2. The molecule has 26 heavy (non-hydrogen) atoms. The number of benzene rings is 1. The zero-order valence-corrected chi connectivity index (χ0v) is 16.4. The van der Waals surface area contributed by atoms with Gasteiger partial charge in [0, 0.05) is 11.7 Å². The van der Waals surface area contributed by atoms with Crippen LogP contribution in [0.3, 0.4) is 0 Å². The Hall–Kier alpha value is -1.52. The number of nitrogens with zero attached hydrogens (tertiary/aromatic N) is 2. The van der Waals surface area contributed by atoms with Crippen LogP contribution in [0.1, 0.15) is 26.3 Å². The maximum absolute atomic E-state index is 12.9. The van der Waals surface area contributed by atoms with Crippen molar-refractivity contribution in [2.45, 2.75) is 42.6 Å². The zero-order valence-electron chi connectivity index (χ0n) is 14.0. The number of rotatable bonds is 6. The van der Waals surface area contributed by atoms with E-state index in [0.717, 1.165) is 12.1 Å². The summed E-state index contributed by atoms with van der Waals surface area (Å²) in [6.45, 7) is 5.56. The molecule has 11 heteroatoms. The number of thioether (sulfide) groups is 1. The molecule has 0 spiro atoms. The fourth-order valence-electron chi connectivity index (χ4n) is 1.83. The third-order valence-corrected chi connectivity index (χ3v) is 5.37. The highest BCUT2D eigenvalue weighted by atomic mass is 35.5. The summed E-state index contributed by atoms with van der Waals surface area (Å²) in [6, 6.07) is 3.44. The molecule has 0 aliphatic carbocycles. The van der Waals surface area contributed by atoms with Crippen LogP contribution in [0, 0.1) is 0 Å². The summed E-state index contributed by atoms with van der Waals surface area (Å²) in [5, 5.41) is 13.2. The number of hydrogen-bond donors (Lipinski definition) is 2. The van der Waals surface area contributed by atoms with E-state index in [1.54, 1.807) is 6.92 Å². The number of nitrogens with one attached hydrogen (secondary N) is 2. The van der Waals surface area contributed by atoms with Gasteiger partial charge in [0.2, 0.25) is 11.0 Å². The van der Waals surface area contributed by atoms with Gasteiger partial charge < -0.3 is 10.6 Å². The first-order valence-electron chi connectivity index (χ1n) is 7.50. The molecule has 0 saturated carbocycles. The number of anilines is 2. The van der Waals surface area contributed by atoms with Crippen molar-refractivity contribution in [3.05, 3.63) is 28.8 Å². The van der Waals surface area contributed by atoms with Crippen molar-refractivity contribution in [3.8, 4) is 0 Å². The molecule has 0 bridgehead atoms. The Kier molecular flexibility index (Phi) is 6.75. The molecule has 1 aromatic heterocycles. The molecular formula is C15H16ClF3N4OS2. The Labute approximate surface area is 161 Å². The summed E-state index contributed by atoms with van der Waals surface area (Å²) in [7, 11) is 0. The zero-order chi connectivity index (χ0) is 19.5. The van der Waals surface area contributed by atoms with Crippen molar-refractivity contribution < 1.29 is 18.0 Å². The van der Waals surface area contributed by atoms with Crippen LogP contribution < -0.4 is 10.6 Å². The second kappa shape index (κ2) is 8.45. The van der Waals surface area contributed by atoms with E-state index in [-0.39, 0.29) is 11.7 Å². The maximum atomic E-state index is 12.9. The van der Waals surface area contributed by atoms with Gasteiger partial charge >= 0.3 is 6.18 Å². The molecule has 1 atom stereocenters. The lowest BCUT2D eigenvalue weighted by Crippen LogP contribution is -2.22. The van der Waals surface area contributed by atoms with Gasteiger partial charge in [-0.3, -0.25) is 4.79 Å². The first-order chi connectivity index (χ1) is 12.1. The topological polar surface area (TPSA) is 66.9 Å². The molecule has 0 saturated heterocycles. The van der Waals surface area contributed by atoms with Crippen molar-refractivity contribution in [1.29, 1.82) is 0 Å². The monoisotopic (exact) mass is 424 g/mol. The summed E-state index contributed by atoms with van der Waals surface area (Å²) >= 11 is 8.05. The number of carbonyl (C=O) groups is 1. The molecule has 1 aromatic carbocycles. The van der Waals surface area contributed by atoms with Crippen LogP contribution in [0.5, 0.6) is 0 Å². The van der Waals surface area contributed by atoms with E-state index in [0.29, 0.717) is 9.47 Å². The van der Waals surface area contributed by atoms with E-state index in [1.807, 2.05) is 13.8 Å². The minimum absolute atomic E-state index is 0.0265. The van der Waals surface area contributed by atoms with E-state index in [2.05, 4.69) is 20.8 Å². The van der Waals surface area contributed by atoms with Gasteiger partial charge in [0.1, 0.15) is 0 Å². The van der Waals surface area contributed by atoms with Crippen LogP contribution in [0.2, 0.25) is 5.02 Å². The standard InChI is InChI=1S/C15H16ClF3N4OS2/c1-7(2)20-13-22-23-14(26-13)25-8(3)12(24)21-9-4-5-11(16)10(6-9)15(17,18)19/h4-8H,1-3H3,(H,20,22)(H,21,24). The quantitative estimate of drug-likeness (QED) is 0.628. The molecule has 1 heterocycles. The van der Waals surface area contributed by atoms with Crippen molar-refractivity contribution in [1.82, 2.24) is 10.2 Å². The number of amides is 1. The Morgan fingerprint density at radius 2 is 1.96 bits per heavy atom. The predicted molar refractivity (Wildman–Crippen MR) is 99.1 cm³/mol. The molecule has 2 rings (SSSR count). The Morgan fingerprint density at radius 1 is 1.27 bits per heavy atom. The summed E-state index contributed by atoms with van der Waals surface area (Å²) in [5.41, 5.74) is -0.968. The lowest BCUT2D eigenvalue weighted by atomic mass is 10.2. The van der Waals surface area contributed by atoms with E-state index in [4.69, 9.17) is 11.6 Å². The Morgan fingerprint density at radius 3 is 2.58 bits per heavy atom. The van der Waals surface area contributed by atoms with Crippen LogP contribution in [0.15, 0.2) is 22.5 Å². The summed E-state index contributed by atoms with van der Waals surface area (Å²) in [6.07, 6.45) is -4.59. The molecule has 0 radical (unpaired) electrons. The van der Waals surface area contributed by atoms with Crippen molar-refractivity contribution in [3.63, 3.8) is 0 Å². The molecule has 142 valence electrons. The van der Waals surface area contributed by atoms with Crippen LogP contribution in [-0.2, 0) is 11.0 Å². The highest BCUT2D eigenvalue weighted by Gasteiger charge is 2.33. The molecule has 1 amide bonds. The second-order valence-electron chi connectivity index (χ2n) is 5.61. The van der Waals surface area contributed by atoms with Gasteiger partial charge in [-0.2, -0.15) is 13.2 Å². The van der Waals surface area contributed by atoms with E-state index in [9.17, 15) is 18.0 Å². The molecular weight excluding hydrogens is 409 g/mol. The highest BCUT2D eigenvalue weighted by molar-refractivity contribution is 8.02. The molecule has 5 nitrogen and oxygen atoms in total. The highest BCUT2D eigenvalue weighted by Crippen LogP contribution is 2.36. The first kappa shape index (κ1) is 20.8. The summed E-state index contributed by atoms with van der Waals surface area (Å²) < 4.78 is 39.2. The third kappa shape index (κ3) is 5.75. The van der Waals surface area contributed by atoms with Crippen LogP contribution in [-0.4, -0.2) is 27.4 Å². The van der Waals surface area contributed by atoms with Crippen molar-refractivity contribution >= 4 is 51.4 Å². The minimum atomic E-state index is -4.59. The van der Waals surface area contributed by atoms with Crippen LogP contribution >= 0.6 is 34.7 Å². The minimum Gasteiger partial charge on any atom is -0.358 e. The average Bonchev–Trinajstić information content (AvgIpc) is 2.94. The predicted octanol–water partition coefficient (Wildman–Crippen LogP) is 5.15. The summed E-state index contributed by atoms with van der Waals surface area (Å²) in [5.74, 6) is -0.445. The first-order valence-corrected chi connectivity index (χ1v) is 9.58. The van der Waals surface area contributed by atoms with Crippen LogP contribution in [0.4, 0.5) is 24.0 Å². The lowest BCUT2D eigenvalue weighted by molar-refractivity contribution is -0.137. The van der Waals surface area contributed by atoms with Gasteiger partial charge in [-0.05, 0) is 39.0 Å². The molecule has 0 aliphatic heterocycles. The fourth-order valence-corrected chi connectivity index (χ4v) is 4.10. The van der Waals surface area contributed by atoms with Crippen LogP contribution in [0.25, 0.3) is 0 Å². The average molecular weight is 425 g/mol. The van der Waals surface area contributed by atoms with Gasteiger partial charge in [0.25, 0.3) is 0 Å². The summed E-state index contributed by atoms with van der Waals surface area (Å²) in [4.78, 5) is 12.2. The number of hydrogen-bond acceptors (Lipinski definition) is 6. The van der Waals surface area contributed by atoms with Gasteiger partial charge in [0.05, 0.1) is 15.8 Å². The molecule has 2 N–H and O–H groups in total. The molecule has 1 unspecified atom stereocenters. The smallest absolute Gasteiger partial charge is 0.358 e. The van der Waals surface area contributed by atoms with Gasteiger partial charge in [-0.15, -0.1) is 10.2 Å². The molecule has 2 aromatic rings. The molecule has 0 aliphatic rings. The van der Waals surface area contributed by atoms with Gasteiger partial charge in [0.15, 0.2) is 4.34 Å². The van der Waals surface area contributed by atoms with Gasteiger partial charge in [-0.1, -0.05) is 34.7 Å². The Balaban J connectivity index is 2.02.